The van der Waals surface area contributed by atoms with Gasteiger partial charge in [0.25, 0.3) is 4.60 Å². The number of carbonyl (C=O) groups is 2. The molecule has 0 aromatic heterocycles. The van der Waals surface area contributed by atoms with Crippen LogP contribution in [-0.4, -0.2) is 38.5 Å². The molecular formula is C16H16BrIN4O3S. The summed E-state index contributed by atoms with van der Waals surface area (Å²) in [4.78, 5) is 24.9. The number of β-lactam (4-membered cyclic amide) rings is 1. The second-order valence-corrected chi connectivity index (χ2v) is 8.02. The van der Waals surface area contributed by atoms with Crippen LogP contribution >= 0.6 is 51.7 Å². The molecule has 26 heavy (non-hydrogen) atoms. The minimum atomic E-state index is -1.33. The smallest absolute Gasteiger partial charge is 0.254 e. The number of nitrogens with zero attached hydrogens (tertiary/aromatic N) is 3. The van der Waals surface area contributed by atoms with E-state index >= 15 is 0 Å². The predicted molar refractivity (Wildman–Crippen MR) is 108 cm³/mol. The van der Waals surface area contributed by atoms with E-state index in [1.165, 1.54) is 16.7 Å². The first-order valence-electron chi connectivity index (χ1n) is 7.69. The molecule has 138 valence electrons. The van der Waals surface area contributed by atoms with Gasteiger partial charge in [-0.15, -0.1) is 35.7 Å². The Labute approximate surface area is 179 Å². The maximum absolute atomic E-state index is 12.0. The van der Waals surface area contributed by atoms with Crippen molar-refractivity contribution in [3.8, 4) is 5.69 Å². The highest BCUT2D eigenvalue weighted by molar-refractivity contribution is 14.0. The predicted octanol–water partition coefficient (Wildman–Crippen LogP) is 0.138. The molecule has 7 nitrogen and oxygen atoms in total. The van der Waals surface area contributed by atoms with Crippen LogP contribution in [0.3, 0.4) is 0 Å². The minimum absolute atomic E-state index is 0. The number of carbonyl (C=O) groups excluding carboxylic acids is 2. The van der Waals surface area contributed by atoms with Crippen molar-refractivity contribution in [1.82, 2.24) is 9.47 Å². The highest BCUT2D eigenvalue weighted by atomic mass is 127. The molecule has 2 atom stereocenters. The molecule has 0 radical (unpaired) electrons. The molecule has 0 spiro atoms. The molecule has 0 bridgehead atoms. The zero-order valence-corrected chi connectivity index (χ0v) is 18.4. The van der Waals surface area contributed by atoms with Crippen molar-refractivity contribution >= 4 is 63.5 Å². The molecule has 1 fully saturated rings. The lowest BCUT2D eigenvalue weighted by Crippen LogP contribution is -2.69. The molecule has 0 aromatic rings. The van der Waals surface area contributed by atoms with E-state index in [0.29, 0.717) is 17.9 Å². The average molecular weight is 551 g/mol. The van der Waals surface area contributed by atoms with Crippen LogP contribution in [0.25, 0.3) is 5.69 Å². The van der Waals surface area contributed by atoms with Crippen LogP contribution < -0.4 is 15.4 Å². The fraction of sp³-hybridized carbons (Fsp3) is 0.312. The third kappa shape index (κ3) is 2.86. The maximum atomic E-state index is 12.0. The second kappa shape index (κ2) is 7.13. The third-order valence-electron chi connectivity index (χ3n) is 4.71. The number of thioether (sulfide) groups is 1. The van der Waals surface area contributed by atoms with Crippen molar-refractivity contribution in [2.45, 2.75) is 24.9 Å². The molecule has 0 aromatic carbocycles. The molecule has 2 N–H and O–H groups in total. The molecule has 0 aliphatic carbocycles. The van der Waals surface area contributed by atoms with E-state index in [-0.39, 0.29) is 41.0 Å². The molecule has 10 heteroatoms. The largest absolute Gasteiger partial charge is 0.543 e. The van der Waals surface area contributed by atoms with E-state index in [1.54, 1.807) is 0 Å². The standard InChI is InChI=1S/C16H15BrN4O3S.HI/c1-8-10-2-3-11(17)20(10)5-4-19(8)6-9-7-25-15-12(18)14(22)21(15)13(9)16(23)24;/h2-5,12,15H,6-7,18H2,1H3;1H/t12?,15-;/m1./s1. The van der Waals surface area contributed by atoms with E-state index in [0.717, 1.165) is 16.0 Å². The highest BCUT2D eigenvalue weighted by Gasteiger charge is 2.50. The van der Waals surface area contributed by atoms with Crippen LogP contribution in [-0.2, 0) is 16.1 Å². The monoisotopic (exact) mass is 550 g/mol. The van der Waals surface area contributed by atoms with Gasteiger partial charge in [0.1, 0.15) is 11.4 Å². The SMILES string of the molecule is Cc1c2ccc(Br)[n+]-2ccn1CC1=C(C(=O)[O-])N2C(=O)C(N)[C@H]2SC1.I. The van der Waals surface area contributed by atoms with Crippen LogP contribution in [0.2, 0.25) is 0 Å². The maximum Gasteiger partial charge on any atom is 0.254 e. The number of carboxylic acid groups (broad SMARTS) is 1. The van der Waals surface area contributed by atoms with Crippen molar-refractivity contribution in [1.29, 1.82) is 0 Å². The molecular weight excluding hydrogens is 535 g/mol. The molecule has 4 rings (SSSR count). The van der Waals surface area contributed by atoms with E-state index in [4.69, 9.17) is 5.73 Å². The average Bonchev–Trinajstić information content (AvgIpc) is 2.97. The van der Waals surface area contributed by atoms with Gasteiger partial charge < -0.3 is 20.2 Å². The van der Waals surface area contributed by atoms with E-state index < -0.39 is 12.0 Å². The molecule has 1 unspecified atom stereocenters. The molecule has 4 aliphatic rings. The zero-order valence-electron chi connectivity index (χ0n) is 13.7. The van der Waals surface area contributed by atoms with Gasteiger partial charge in [-0.25, -0.2) is 0 Å². The number of aliphatic carboxylic acids is 1. The van der Waals surface area contributed by atoms with E-state index in [9.17, 15) is 14.7 Å². The molecule has 4 aliphatic heterocycles. The van der Waals surface area contributed by atoms with Crippen LogP contribution in [0.15, 0.2) is 40.4 Å². The van der Waals surface area contributed by atoms with Crippen LogP contribution in [0.1, 0.15) is 5.69 Å². The Morgan fingerprint density at radius 1 is 1.50 bits per heavy atom. The number of halogens is 2. The fourth-order valence-corrected chi connectivity index (χ4v) is 5.07. The van der Waals surface area contributed by atoms with Crippen molar-refractivity contribution < 1.29 is 19.3 Å². The molecule has 4 heterocycles. The van der Waals surface area contributed by atoms with Crippen molar-refractivity contribution in [2.75, 3.05) is 5.75 Å². The number of carboxylic acids is 1. The summed E-state index contributed by atoms with van der Waals surface area (Å²) in [6.07, 6.45) is 3.81. The lowest BCUT2D eigenvalue weighted by molar-refractivity contribution is -0.605. The van der Waals surface area contributed by atoms with Crippen LogP contribution in [0, 0.1) is 6.92 Å². The van der Waals surface area contributed by atoms with Gasteiger partial charge in [0, 0.05) is 40.4 Å². The minimum Gasteiger partial charge on any atom is -0.543 e. The van der Waals surface area contributed by atoms with Gasteiger partial charge in [0.2, 0.25) is 11.6 Å². The summed E-state index contributed by atoms with van der Waals surface area (Å²) in [5, 5.41) is 11.4. The fourth-order valence-electron chi connectivity index (χ4n) is 3.34. The Balaban J connectivity index is 0.00000196. The number of aromatic nitrogens is 2. The Morgan fingerprint density at radius 2 is 2.23 bits per heavy atom. The van der Waals surface area contributed by atoms with E-state index in [2.05, 4.69) is 15.9 Å². The Morgan fingerprint density at radius 3 is 2.92 bits per heavy atom. The molecule has 1 saturated heterocycles. The number of fused-ring (bicyclic) bond motifs is 2. The first-order valence-corrected chi connectivity index (χ1v) is 9.53. The lowest BCUT2D eigenvalue weighted by Gasteiger charge is -2.49. The molecule has 0 saturated carbocycles. The number of hydrogen-bond acceptors (Lipinski definition) is 5. The summed E-state index contributed by atoms with van der Waals surface area (Å²) >= 11 is 4.98. The number of hydrogen-bond donors (Lipinski definition) is 1. The first-order chi connectivity index (χ1) is 11.9. The summed E-state index contributed by atoms with van der Waals surface area (Å²) in [5.74, 6) is -1.18. The van der Waals surface area contributed by atoms with Gasteiger partial charge in [0.15, 0.2) is 6.20 Å². The third-order valence-corrected chi connectivity index (χ3v) is 6.72. The summed E-state index contributed by atoms with van der Waals surface area (Å²) in [7, 11) is 0. The quantitative estimate of drug-likeness (QED) is 0.333. The summed E-state index contributed by atoms with van der Waals surface area (Å²) < 4.78 is 4.93. The Bertz CT molecular complexity index is 915. The topological polar surface area (TPSA) is 95.3 Å². The van der Waals surface area contributed by atoms with Gasteiger partial charge >= 0.3 is 0 Å². The van der Waals surface area contributed by atoms with Gasteiger partial charge in [-0.2, -0.15) is 4.57 Å². The number of nitrogens with two attached hydrogens (primary N) is 1. The van der Waals surface area contributed by atoms with E-state index in [1.807, 2.05) is 40.6 Å². The van der Waals surface area contributed by atoms with Crippen molar-refractivity contribution in [3.05, 3.63) is 46.1 Å². The van der Waals surface area contributed by atoms with Crippen molar-refractivity contribution in [3.63, 3.8) is 0 Å². The van der Waals surface area contributed by atoms with Crippen LogP contribution in [0.4, 0.5) is 0 Å². The Hall–Kier alpha value is -1.11. The summed E-state index contributed by atoms with van der Waals surface area (Å²) in [6.45, 7) is 2.36. The zero-order chi connectivity index (χ0) is 17.9. The molecule has 1 amide bonds. The van der Waals surface area contributed by atoms with Gasteiger partial charge in [-0.1, -0.05) is 0 Å². The van der Waals surface area contributed by atoms with Crippen LogP contribution in [0.5, 0.6) is 0 Å². The van der Waals surface area contributed by atoms with Gasteiger partial charge in [-0.05, 0) is 12.5 Å². The Kier molecular flexibility index (Phi) is 5.39. The highest BCUT2D eigenvalue weighted by Crippen LogP contribution is 2.39. The number of rotatable bonds is 3. The normalized spacial score (nSPS) is 22.1. The van der Waals surface area contributed by atoms with Gasteiger partial charge in [0.05, 0.1) is 23.6 Å². The second-order valence-electron chi connectivity index (χ2n) is 6.10. The number of amides is 1. The first kappa shape index (κ1) is 19.6. The summed E-state index contributed by atoms with van der Waals surface area (Å²) in [6, 6.07) is 3.32. The van der Waals surface area contributed by atoms with Crippen molar-refractivity contribution in [2.24, 2.45) is 5.73 Å². The van der Waals surface area contributed by atoms with Gasteiger partial charge in [-0.3, -0.25) is 9.69 Å². The lowest BCUT2D eigenvalue weighted by atomic mass is 10.0. The summed E-state index contributed by atoms with van der Waals surface area (Å²) in [5.41, 5.74) is 8.41.